The summed E-state index contributed by atoms with van der Waals surface area (Å²) in [4.78, 5) is 2.55. The molecule has 1 N–H and O–H groups in total. The molecule has 0 aliphatic heterocycles. The first-order chi connectivity index (χ1) is 7.15. The van der Waals surface area contributed by atoms with Crippen LogP contribution in [0.2, 0.25) is 0 Å². The summed E-state index contributed by atoms with van der Waals surface area (Å²) in [6.45, 7) is 16.1. The second kappa shape index (κ2) is 9.17. The highest BCUT2D eigenvalue weighted by molar-refractivity contribution is 4.74. The lowest BCUT2D eigenvalue weighted by molar-refractivity contribution is 0.226. The van der Waals surface area contributed by atoms with Crippen molar-refractivity contribution in [1.82, 2.24) is 10.2 Å². The molecule has 15 heavy (non-hydrogen) atoms. The van der Waals surface area contributed by atoms with Gasteiger partial charge in [-0.2, -0.15) is 0 Å². The van der Waals surface area contributed by atoms with Gasteiger partial charge in [-0.15, -0.1) is 0 Å². The van der Waals surface area contributed by atoms with Gasteiger partial charge in [-0.25, -0.2) is 0 Å². The van der Waals surface area contributed by atoms with E-state index >= 15 is 0 Å². The Bertz CT molecular complexity index is 134. The molecule has 0 aromatic carbocycles. The van der Waals surface area contributed by atoms with Crippen LogP contribution in [0.3, 0.4) is 0 Å². The summed E-state index contributed by atoms with van der Waals surface area (Å²) in [5, 5.41) is 3.65. The van der Waals surface area contributed by atoms with Crippen molar-refractivity contribution in [2.24, 2.45) is 5.92 Å². The standard InChI is InChI=1S/C13H30N2/c1-6-9-14-13(12(4)5)11-15(8-3)10-7-2/h12-14H,6-11H2,1-5H3. The van der Waals surface area contributed by atoms with Gasteiger partial charge in [0, 0.05) is 12.6 Å². The normalized spacial score (nSPS) is 13.8. The van der Waals surface area contributed by atoms with Gasteiger partial charge in [0.05, 0.1) is 0 Å². The molecule has 0 bridgehead atoms. The van der Waals surface area contributed by atoms with Gasteiger partial charge in [0.1, 0.15) is 0 Å². The monoisotopic (exact) mass is 214 g/mol. The van der Waals surface area contributed by atoms with E-state index in [9.17, 15) is 0 Å². The van der Waals surface area contributed by atoms with Crippen LogP contribution in [0, 0.1) is 5.92 Å². The average Bonchev–Trinajstić information content (AvgIpc) is 2.22. The van der Waals surface area contributed by atoms with Crippen LogP contribution in [0.5, 0.6) is 0 Å². The average molecular weight is 214 g/mol. The Hall–Kier alpha value is -0.0800. The van der Waals surface area contributed by atoms with E-state index in [0.717, 1.165) is 12.5 Å². The quantitative estimate of drug-likeness (QED) is 0.635. The smallest absolute Gasteiger partial charge is 0.0217 e. The van der Waals surface area contributed by atoms with Crippen molar-refractivity contribution < 1.29 is 0 Å². The van der Waals surface area contributed by atoms with Gasteiger partial charge in [0.2, 0.25) is 0 Å². The fraction of sp³-hybridized carbons (Fsp3) is 1.00. The number of hydrogen-bond acceptors (Lipinski definition) is 2. The summed E-state index contributed by atoms with van der Waals surface area (Å²) in [6, 6.07) is 0.649. The summed E-state index contributed by atoms with van der Waals surface area (Å²) in [7, 11) is 0. The molecule has 0 saturated heterocycles. The molecule has 0 aromatic rings. The van der Waals surface area contributed by atoms with Gasteiger partial charge in [-0.1, -0.05) is 34.6 Å². The highest BCUT2D eigenvalue weighted by atomic mass is 15.1. The molecule has 1 unspecified atom stereocenters. The lowest BCUT2D eigenvalue weighted by atomic mass is 10.0. The van der Waals surface area contributed by atoms with E-state index in [2.05, 4.69) is 44.8 Å². The molecular weight excluding hydrogens is 184 g/mol. The number of nitrogens with zero attached hydrogens (tertiary/aromatic N) is 1. The Morgan fingerprint density at radius 2 is 1.73 bits per heavy atom. The molecule has 0 fully saturated rings. The van der Waals surface area contributed by atoms with Crippen molar-refractivity contribution >= 4 is 0 Å². The fourth-order valence-corrected chi connectivity index (χ4v) is 1.81. The van der Waals surface area contributed by atoms with Crippen molar-refractivity contribution in [2.45, 2.75) is 53.5 Å². The van der Waals surface area contributed by atoms with Crippen LogP contribution in [0.15, 0.2) is 0 Å². The maximum Gasteiger partial charge on any atom is 0.0217 e. The summed E-state index contributed by atoms with van der Waals surface area (Å²) >= 11 is 0. The molecule has 2 nitrogen and oxygen atoms in total. The van der Waals surface area contributed by atoms with Crippen LogP contribution in [0.4, 0.5) is 0 Å². The lowest BCUT2D eigenvalue weighted by Gasteiger charge is -2.29. The molecule has 0 spiro atoms. The highest BCUT2D eigenvalue weighted by Crippen LogP contribution is 2.05. The summed E-state index contributed by atoms with van der Waals surface area (Å²) < 4.78 is 0. The van der Waals surface area contributed by atoms with E-state index in [1.54, 1.807) is 0 Å². The number of hydrogen-bond donors (Lipinski definition) is 1. The first-order valence-electron chi connectivity index (χ1n) is 6.61. The van der Waals surface area contributed by atoms with Gasteiger partial charge in [0.15, 0.2) is 0 Å². The molecule has 0 radical (unpaired) electrons. The van der Waals surface area contributed by atoms with E-state index in [4.69, 9.17) is 0 Å². The minimum Gasteiger partial charge on any atom is -0.312 e. The van der Waals surface area contributed by atoms with Crippen molar-refractivity contribution in [2.75, 3.05) is 26.2 Å². The van der Waals surface area contributed by atoms with Crippen molar-refractivity contribution in [3.8, 4) is 0 Å². The maximum atomic E-state index is 3.65. The Kier molecular flexibility index (Phi) is 9.12. The second-order valence-electron chi connectivity index (χ2n) is 4.70. The van der Waals surface area contributed by atoms with E-state index in [0.29, 0.717) is 6.04 Å². The van der Waals surface area contributed by atoms with Crippen LogP contribution in [0.1, 0.15) is 47.5 Å². The molecule has 0 rings (SSSR count). The zero-order valence-corrected chi connectivity index (χ0v) is 11.3. The predicted molar refractivity (Wildman–Crippen MR) is 69.3 cm³/mol. The first kappa shape index (κ1) is 14.9. The Morgan fingerprint density at radius 1 is 1.07 bits per heavy atom. The molecular formula is C13H30N2. The molecule has 0 heterocycles. The Balaban J connectivity index is 4.00. The Morgan fingerprint density at radius 3 is 2.13 bits per heavy atom. The Labute approximate surface area is 96.4 Å². The van der Waals surface area contributed by atoms with E-state index in [1.807, 2.05) is 0 Å². The largest absolute Gasteiger partial charge is 0.312 e. The summed E-state index contributed by atoms with van der Waals surface area (Å²) in [6.07, 6.45) is 2.48. The summed E-state index contributed by atoms with van der Waals surface area (Å²) in [5.74, 6) is 0.724. The molecule has 92 valence electrons. The topological polar surface area (TPSA) is 15.3 Å². The minimum atomic E-state index is 0.649. The van der Waals surface area contributed by atoms with Crippen LogP contribution in [0.25, 0.3) is 0 Å². The van der Waals surface area contributed by atoms with Crippen molar-refractivity contribution in [3.05, 3.63) is 0 Å². The lowest BCUT2D eigenvalue weighted by Crippen LogP contribution is -2.44. The molecule has 0 aromatic heterocycles. The van der Waals surface area contributed by atoms with Crippen molar-refractivity contribution in [3.63, 3.8) is 0 Å². The van der Waals surface area contributed by atoms with Crippen LogP contribution in [-0.4, -0.2) is 37.1 Å². The molecule has 0 saturated carbocycles. The highest BCUT2D eigenvalue weighted by Gasteiger charge is 2.15. The third-order valence-corrected chi connectivity index (χ3v) is 2.90. The number of likely N-dealkylation sites (N-methyl/N-ethyl adjacent to an activating group) is 1. The van der Waals surface area contributed by atoms with E-state index in [-0.39, 0.29) is 0 Å². The second-order valence-corrected chi connectivity index (χ2v) is 4.70. The van der Waals surface area contributed by atoms with E-state index < -0.39 is 0 Å². The number of nitrogens with one attached hydrogen (secondary N) is 1. The van der Waals surface area contributed by atoms with Gasteiger partial charge < -0.3 is 10.2 Å². The molecule has 2 heteroatoms. The van der Waals surface area contributed by atoms with Crippen LogP contribution in [-0.2, 0) is 0 Å². The number of rotatable bonds is 9. The maximum absolute atomic E-state index is 3.65. The molecule has 0 aliphatic carbocycles. The van der Waals surface area contributed by atoms with Gasteiger partial charge in [-0.05, 0) is 38.4 Å². The predicted octanol–water partition coefficient (Wildman–Crippen LogP) is 2.74. The third-order valence-electron chi connectivity index (χ3n) is 2.90. The zero-order chi connectivity index (χ0) is 11.7. The van der Waals surface area contributed by atoms with Crippen LogP contribution >= 0.6 is 0 Å². The zero-order valence-electron chi connectivity index (χ0n) is 11.3. The van der Waals surface area contributed by atoms with Gasteiger partial charge in [-0.3, -0.25) is 0 Å². The van der Waals surface area contributed by atoms with E-state index in [1.165, 1.54) is 32.5 Å². The SMILES string of the molecule is CCCNC(CN(CC)CCC)C(C)C. The molecule has 1 atom stereocenters. The third kappa shape index (κ3) is 6.91. The first-order valence-corrected chi connectivity index (χ1v) is 6.61. The van der Waals surface area contributed by atoms with Gasteiger partial charge >= 0.3 is 0 Å². The summed E-state index contributed by atoms with van der Waals surface area (Å²) in [5.41, 5.74) is 0. The van der Waals surface area contributed by atoms with Crippen molar-refractivity contribution in [1.29, 1.82) is 0 Å². The van der Waals surface area contributed by atoms with Gasteiger partial charge in [0.25, 0.3) is 0 Å². The van der Waals surface area contributed by atoms with Crippen LogP contribution < -0.4 is 5.32 Å². The molecule has 0 aliphatic rings. The molecule has 0 amide bonds. The fourth-order valence-electron chi connectivity index (χ4n) is 1.81. The minimum absolute atomic E-state index is 0.649.